The van der Waals surface area contributed by atoms with Crippen LogP contribution in [-0.2, 0) is 11.8 Å². The summed E-state index contributed by atoms with van der Waals surface area (Å²) < 4.78 is 22.3. The first-order valence-corrected chi connectivity index (χ1v) is 4.19. The Morgan fingerprint density at radius 1 is 1.50 bits per heavy atom. The molecule has 0 aliphatic carbocycles. The average molecular weight is 228 g/mol. The molecule has 0 unspecified atom stereocenters. The fourth-order valence-electron chi connectivity index (χ4n) is 0.0434. The van der Waals surface area contributed by atoms with E-state index in [0.717, 1.165) is 0 Å². The molecule has 8 heavy (non-hydrogen) atoms. The predicted molar refractivity (Wildman–Crippen MR) is 26.7 cm³/mol. The van der Waals surface area contributed by atoms with E-state index in [4.69, 9.17) is 9.79 Å². The van der Waals surface area contributed by atoms with Crippen molar-refractivity contribution in [1.82, 2.24) is 0 Å². The summed E-state index contributed by atoms with van der Waals surface area (Å²) in [5, 5.41) is 0. The van der Waals surface area contributed by atoms with Gasteiger partial charge in [0, 0.05) is 0 Å². The molecule has 0 aromatic carbocycles. The van der Waals surface area contributed by atoms with Crippen LogP contribution in [0, 0.1) is 0 Å². The second kappa shape index (κ2) is 5.86. The summed E-state index contributed by atoms with van der Waals surface area (Å²) in [6.45, 7) is 0. The molecule has 0 rings (SSSR count). The van der Waals surface area contributed by atoms with Crippen molar-refractivity contribution in [2.75, 3.05) is 0 Å². The van der Waals surface area contributed by atoms with Gasteiger partial charge >= 0.3 is 96.8 Å². The van der Waals surface area contributed by atoms with E-state index in [1.165, 1.54) is 0 Å². The van der Waals surface area contributed by atoms with Gasteiger partial charge in [-0.1, -0.05) is 0 Å². The molecule has 0 bridgehead atoms. The first-order chi connectivity index (χ1) is 3.06. The van der Waals surface area contributed by atoms with E-state index in [2.05, 4.69) is 3.51 Å². The van der Waals surface area contributed by atoms with Gasteiger partial charge in [-0.15, -0.1) is 0 Å². The fraction of sp³-hybridized carbons (Fsp3) is 0. The molecule has 0 aliphatic heterocycles. The topological polar surface area (TPSA) is 83.8 Å². The van der Waals surface area contributed by atoms with E-state index >= 15 is 0 Å². The molecular formula is H3AsKO5P. The molecule has 5 nitrogen and oxygen atoms in total. The number of hydrogen-bond acceptors (Lipinski definition) is 3. The van der Waals surface area contributed by atoms with Gasteiger partial charge in [0.25, 0.3) is 0 Å². The van der Waals surface area contributed by atoms with Gasteiger partial charge in [0.2, 0.25) is 0 Å². The molecule has 0 radical (unpaired) electrons. The number of rotatable bonds is 2. The first-order valence-electron chi connectivity index (χ1n) is 1.13. The minimum absolute atomic E-state index is 0. The summed E-state index contributed by atoms with van der Waals surface area (Å²) >= 11 is -1.88. The molecule has 0 heterocycles. The Labute approximate surface area is 95.1 Å². The maximum absolute atomic E-state index is 9.53. The molecule has 0 aromatic heterocycles. The molecule has 8 heteroatoms. The third-order valence-electron chi connectivity index (χ3n) is 0.140. The Morgan fingerprint density at radius 2 is 1.88 bits per heavy atom. The second-order valence-electron chi connectivity index (χ2n) is 0.647. The second-order valence-corrected chi connectivity index (χ2v) is 3.13. The van der Waals surface area contributed by atoms with Gasteiger partial charge in [0.1, 0.15) is 0 Å². The molecule has 0 aromatic rings. The fourth-order valence-corrected chi connectivity index (χ4v) is 0.677. The first kappa shape index (κ1) is 12.8. The Kier molecular flexibility index (Phi) is 9.34. The van der Waals surface area contributed by atoms with E-state index in [-0.39, 0.29) is 51.4 Å². The summed E-state index contributed by atoms with van der Waals surface area (Å²) in [6, 6.07) is 0. The monoisotopic (exact) mass is 228 g/mol. The van der Waals surface area contributed by atoms with Gasteiger partial charge < -0.3 is 0 Å². The van der Waals surface area contributed by atoms with E-state index in [9.17, 15) is 8.30 Å². The van der Waals surface area contributed by atoms with Gasteiger partial charge in [-0.3, -0.25) is 0 Å². The predicted octanol–water partition coefficient (Wildman–Crippen LogP) is -1.59. The third-order valence-corrected chi connectivity index (χ3v) is 2.18. The summed E-state index contributed by atoms with van der Waals surface area (Å²) in [5.74, 6) is 0. The van der Waals surface area contributed by atoms with Gasteiger partial charge in [-0.25, -0.2) is 0 Å². The van der Waals surface area contributed by atoms with Crippen LogP contribution in [0.5, 0.6) is 0 Å². The number of hydrogen-bond donors (Lipinski definition) is 2. The zero-order valence-electron chi connectivity index (χ0n) is 3.01. The molecule has 0 aliphatic rings. The zero-order valence-corrected chi connectivity index (χ0v) is 5.78. The van der Waals surface area contributed by atoms with Crippen molar-refractivity contribution < 1.29 is 21.6 Å². The Hall–Kier alpha value is 2.10. The van der Waals surface area contributed by atoms with Crippen LogP contribution >= 0.6 is 7.82 Å². The molecule has 0 saturated carbocycles. The summed E-state index contributed by atoms with van der Waals surface area (Å²) in [4.78, 5) is 15.5. The van der Waals surface area contributed by atoms with Crippen LogP contribution < -0.4 is 0 Å². The van der Waals surface area contributed by atoms with Crippen LogP contribution in [0.25, 0.3) is 0 Å². The molecule has 0 saturated heterocycles. The summed E-state index contributed by atoms with van der Waals surface area (Å²) in [6.07, 6.45) is 0. The van der Waals surface area contributed by atoms with Crippen LogP contribution in [0.4, 0.5) is 0 Å². The summed E-state index contributed by atoms with van der Waals surface area (Å²) in [5.41, 5.74) is 0. The Balaban J connectivity index is 0. The van der Waals surface area contributed by atoms with Crippen LogP contribution in [0.2, 0.25) is 0 Å². The molecule has 0 spiro atoms. The van der Waals surface area contributed by atoms with E-state index in [0.29, 0.717) is 0 Å². The Bertz CT molecular complexity index is 105. The quantitative estimate of drug-likeness (QED) is 0.439. The van der Waals surface area contributed by atoms with E-state index in [1.807, 2.05) is 0 Å². The van der Waals surface area contributed by atoms with Crippen molar-refractivity contribution in [2.24, 2.45) is 0 Å². The maximum atomic E-state index is 9.53. The van der Waals surface area contributed by atoms with Gasteiger partial charge in [-0.05, 0) is 0 Å². The van der Waals surface area contributed by atoms with Gasteiger partial charge in [0.05, 0.1) is 0 Å². The summed E-state index contributed by atoms with van der Waals surface area (Å²) in [7, 11) is -4.44. The molecule has 0 amide bonds. The van der Waals surface area contributed by atoms with Gasteiger partial charge in [-0.2, -0.15) is 0 Å². The Morgan fingerprint density at radius 3 is 1.88 bits per heavy atom. The van der Waals surface area contributed by atoms with Gasteiger partial charge in [0.15, 0.2) is 0 Å². The number of phosphoric acid groups is 1. The van der Waals surface area contributed by atoms with Crippen molar-refractivity contribution in [3.63, 3.8) is 0 Å². The normalized spacial score (nSPS) is 10.8. The van der Waals surface area contributed by atoms with Crippen molar-refractivity contribution in [2.45, 2.75) is 0 Å². The van der Waals surface area contributed by atoms with Crippen molar-refractivity contribution in [3.8, 4) is 0 Å². The van der Waals surface area contributed by atoms with Crippen molar-refractivity contribution in [3.05, 3.63) is 0 Å². The molecule has 2 N–H and O–H groups in total. The van der Waals surface area contributed by atoms with Crippen molar-refractivity contribution in [1.29, 1.82) is 0 Å². The van der Waals surface area contributed by atoms with Crippen LogP contribution in [0.15, 0.2) is 0 Å². The standard InChI is InChI=1S/AsH2O5P.K.H/c2-1-6-7(3,4)5;;/h(H2,3,4,5);;. The van der Waals surface area contributed by atoms with Crippen LogP contribution in [-0.4, -0.2) is 77.2 Å². The molecule has 0 fully saturated rings. The zero-order chi connectivity index (χ0) is 5.91. The molecular weight excluding hydrogens is 225 g/mol. The van der Waals surface area contributed by atoms with Crippen molar-refractivity contribution >= 4 is 75.2 Å². The van der Waals surface area contributed by atoms with Crippen LogP contribution in [0.1, 0.15) is 0 Å². The molecule has 44 valence electrons. The third kappa shape index (κ3) is 11.0. The van der Waals surface area contributed by atoms with E-state index in [1.54, 1.807) is 0 Å². The SMILES string of the molecule is O=[As]OP(=O)(O)O.[KH]. The van der Waals surface area contributed by atoms with Crippen LogP contribution in [0.3, 0.4) is 0 Å². The van der Waals surface area contributed by atoms with E-state index < -0.39 is 23.9 Å². The minimum atomic E-state index is -4.44. The average Bonchev–Trinajstić information content (AvgIpc) is 1.30. The molecule has 0 atom stereocenters.